The average Bonchev–Trinajstić information content (AvgIpc) is 3.43. The van der Waals surface area contributed by atoms with Gasteiger partial charge in [-0.05, 0) is 30.7 Å². The summed E-state index contributed by atoms with van der Waals surface area (Å²) in [5, 5.41) is -1.24. The minimum absolute atomic E-state index is 0.401. The van der Waals surface area contributed by atoms with Crippen molar-refractivity contribution in [3.63, 3.8) is 0 Å². The zero-order chi connectivity index (χ0) is 26.9. The Bertz CT molecular complexity index is 1040. The van der Waals surface area contributed by atoms with Gasteiger partial charge in [0.25, 0.3) is 0 Å². The number of fused-ring (bicyclic) bond motifs is 7. The quantitative estimate of drug-likeness (QED) is 0.288. The van der Waals surface area contributed by atoms with Gasteiger partial charge in [-0.2, -0.15) is 52.7 Å². The van der Waals surface area contributed by atoms with Crippen LogP contribution in [0.2, 0.25) is 0 Å². The van der Waals surface area contributed by atoms with Crippen LogP contribution in [0.5, 0.6) is 0 Å². The molecule has 0 aromatic heterocycles. The molecule has 5 atom stereocenters. The summed E-state index contributed by atoms with van der Waals surface area (Å²) in [5.74, 6) is -5.48. The standard InChI is InChI=1S/C22H18F12N2/c1-16(13-5-3-2-4-6-13)10-17(19(23,24)25,20(26,27)28)35-15-12-8-7-11(9-12)14(15)18(36(16)35,21(29,30)31)22(32,33)34/h2-8,11-12,14-15H,9-10H2,1H3/t11-,12+,14+,15-,16+/m0/s1. The Morgan fingerprint density at radius 2 is 1.22 bits per heavy atom. The lowest BCUT2D eigenvalue weighted by Gasteiger charge is -2.50. The molecule has 1 aromatic rings. The third kappa shape index (κ3) is 2.69. The SMILES string of the molecule is C[C@]1(c2ccccc2)CC(C(F)(F)F)(C(F)(F)F)N2[C@@H]3[C@@H]([C@H]4C=C[C@@H]3C4)C(C(F)(F)F)(C(F)(F)F)N21. The van der Waals surface area contributed by atoms with Gasteiger partial charge in [-0.3, -0.25) is 0 Å². The van der Waals surface area contributed by atoms with E-state index in [1.54, 1.807) is 0 Å². The number of allylic oxidation sites excluding steroid dienone is 1. The highest BCUT2D eigenvalue weighted by Gasteiger charge is 2.94. The molecule has 14 heteroatoms. The van der Waals surface area contributed by atoms with E-state index in [0.717, 1.165) is 36.4 Å². The van der Waals surface area contributed by atoms with Gasteiger partial charge in [0.1, 0.15) is 0 Å². The molecule has 2 aliphatic heterocycles. The maximum absolute atomic E-state index is 14.8. The van der Waals surface area contributed by atoms with E-state index in [4.69, 9.17) is 0 Å². The first kappa shape index (κ1) is 25.7. The largest absolute Gasteiger partial charge is 0.417 e. The fourth-order valence-corrected chi connectivity index (χ4v) is 7.26. The summed E-state index contributed by atoms with van der Waals surface area (Å²) in [6.07, 6.45) is -25.3. The number of rotatable bonds is 1. The van der Waals surface area contributed by atoms with Crippen molar-refractivity contribution in [3.8, 4) is 0 Å². The molecule has 1 saturated carbocycles. The normalized spacial score (nSPS) is 35.9. The molecular formula is C22H18F12N2. The second-order valence-electron chi connectivity index (χ2n) is 10.1. The zero-order valence-electron chi connectivity index (χ0n) is 18.2. The van der Waals surface area contributed by atoms with Gasteiger partial charge in [0, 0.05) is 18.4 Å². The van der Waals surface area contributed by atoms with Crippen LogP contribution >= 0.6 is 0 Å². The number of nitrogens with zero attached hydrogens (tertiary/aromatic N) is 2. The van der Waals surface area contributed by atoms with E-state index < -0.39 is 93.5 Å². The predicted molar refractivity (Wildman–Crippen MR) is 99.8 cm³/mol. The molecule has 2 saturated heterocycles. The predicted octanol–water partition coefficient (Wildman–Crippen LogP) is 6.76. The minimum Gasteiger partial charge on any atom is -0.213 e. The summed E-state index contributed by atoms with van der Waals surface area (Å²) in [6, 6.07) is 3.13. The van der Waals surface area contributed by atoms with Crippen molar-refractivity contribution < 1.29 is 52.7 Å². The molecule has 1 aromatic carbocycles. The Balaban J connectivity index is 1.95. The molecule has 2 aliphatic carbocycles. The topological polar surface area (TPSA) is 6.48 Å². The summed E-state index contributed by atoms with van der Waals surface area (Å²) in [7, 11) is 0. The van der Waals surface area contributed by atoms with E-state index in [-0.39, 0.29) is 0 Å². The molecule has 2 heterocycles. The highest BCUT2D eigenvalue weighted by atomic mass is 19.4. The smallest absolute Gasteiger partial charge is 0.213 e. The molecule has 0 radical (unpaired) electrons. The van der Waals surface area contributed by atoms with E-state index in [1.165, 1.54) is 6.07 Å². The van der Waals surface area contributed by atoms with Crippen molar-refractivity contribution in [1.82, 2.24) is 10.0 Å². The van der Waals surface area contributed by atoms with Crippen molar-refractivity contribution in [3.05, 3.63) is 48.0 Å². The Morgan fingerprint density at radius 1 is 0.722 bits per heavy atom. The second-order valence-corrected chi connectivity index (χ2v) is 10.1. The van der Waals surface area contributed by atoms with Crippen molar-refractivity contribution >= 4 is 0 Å². The molecule has 2 nitrogen and oxygen atoms in total. The van der Waals surface area contributed by atoms with Gasteiger partial charge in [-0.25, -0.2) is 10.0 Å². The molecule has 36 heavy (non-hydrogen) atoms. The van der Waals surface area contributed by atoms with E-state index in [0.29, 0.717) is 6.92 Å². The molecule has 3 fully saturated rings. The van der Waals surface area contributed by atoms with Crippen LogP contribution in [0.3, 0.4) is 0 Å². The molecule has 5 rings (SSSR count). The zero-order valence-corrected chi connectivity index (χ0v) is 18.2. The molecule has 200 valence electrons. The molecule has 0 unspecified atom stereocenters. The van der Waals surface area contributed by atoms with Crippen LogP contribution in [0.1, 0.15) is 25.3 Å². The molecule has 0 amide bonds. The van der Waals surface area contributed by atoms with Gasteiger partial charge < -0.3 is 0 Å². The third-order valence-corrected chi connectivity index (χ3v) is 8.39. The lowest BCUT2D eigenvalue weighted by molar-refractivity contribution is -0.393. The summed E-state index contributed by atoms with van der Waals surface area (Å²) >= 11 is 0. The second kappa shape index (κ2) is 6.91. The maximum Gasteiger partial charge on any atom is 0.417 e. The Labute approximate surface area is 196 Å². The average molecular weight is 538 g/mol. The highest BCUT2D eigenvalue weighted by Crippen LogP contribution is 2.75. The number of hydrazine groups is 1. The fourth-order valence-electron chi connectivity index (χ4n) is 7.26. The first-order valence-electron chi connectivity index (χ1n) is 10.9. The fraction of sp³-hybridized carbons (Fsp3) is 0.636. The van der Waals surface area contributed by atoms with Crippen LogP contribution < -0.4 is 0 Å². The maximum atomic E-state index is 14.8. The number of benzene rings is 1. The summed E-state index contributed by atoms with van der Waals surface area (Å²) in [6.45, 7) is 0.594. The van der Waals surface area contributed by atoms with E-state index >= 15 is 0 Å². The summed E-state index contributed by atoms with van der Waals surface area (Å²) < 4.78 is 177. The molecular weight excluding hydrogens is 520 g/mol. The minimum atomic E-state index is -6.26. The highest BCUT2D eigenvalue weighted by molar-refractivity contribution is 5.38. The van der Waals surface area contributed by atoms with Gasteiger partial charge in [-0.1, -0.05) is 42.5 Å². The van der Waals surface area contributed by atoms with Crippen LogP contribution in [-0.2, 0) is 5.54 Å². The van der Waals surface area contributed by atoms with Gasteiger partial charge in [0.2, 0.25) is 11.1 Å². The lowest BCUT2D eigenvalue weighted by atomic mass is 9.69. The van der Waals surface area contributed by atoms with Crippen LogP contribution in [0.15, 0.2) is 42.5 Å². The lowest BCUT2D eigenvalue weighted by Crippen LogP contribution is -2.73. The van der Waals surface area contributed by atoms with Crippen LogP contribution in [0.4, 0.5) is 52.7 Å². The first-order valence-corrected chi connectivity index (χ1v) is 10.9. The molecule has 0 N–H and O–H groups in total. The number of halogens is 12. The van der Waals surface area contributed by atoms with E-state index in [2.05, 4.69) is 0 Å². The van der Waals surface area contributed by atoms with Crippen molar-refractivity contribution in [2.75, 3.05) is 0 Å². The monoisotopic (exact) mass is 538 g/mol. The first-order chi connectivity index (χ1) is 16.3. The molecule has 4 aliphatic rings. The van der Waals surface area contributed by atoms with Gasteiger partial charge in [0.15, 0.2) is 0 Å². The van der Waals surface area contributed by atoms with E-state index in [1.807, 2.05) is 0 Å². The van der Waals surface area contributed by atoms with Crippen LogP contribution in [0, 0.1) is 17.8 Å². The Hall–Kier alpha value is -1.96. The van der Waals surface area contributed by atoms with Gasteiger partial charge in [0.05, 0.1) is 5.54 Å². The number of hydrogen-bond donors (Lipinski definition) is 0. The Morgan fingerprint density at radius 3 is 1.69 bits per heavy atom. The van der Waals surface area contributed by atoms with Gasteiger partial charge >= 0.3 is 24.7 Å². The summed E-state index contributed by atoms with van der Waals surface area (Å²) in [5.41, 5.74) is -13.5. The van der Waals surface area contributed by atoms with Crippen molar-refractivity contribution in [2.24, 2.45) is 17.8 Å². The number of hydrogen-bond acceptors (Lipinski definition) is 2. The molecule has 2 bridgehead atoms. The van der Waals surface area contributed by atoms with Crippen molar-refractivity contribution in [1.29, 1.82) is 0 Å². The summed E-state index contributed by atoms with van der Waals surface area (Å²) in [4.78, 5) is 0. The Kier molecular flexibility index (Phi) is 4.93. The number of alkyl halides is 12. The molecule has 0 spiro atoms. The third-order valence-electron chi connectivity index (χ3n) is 8.39. The van der Waals surface area contributed by atoms with Gasteiger partial charge in [-0.15, -0.1) is 0 Å². The van der Waals surface area contributed by atoms with E-state index in [9.17, 15) is 52.7 Å². The van der Waals surface area contributed by atoms with Crippen LogP contribution in [0.25, 0.3) is 0 Å². The van der Waals surface area contributed by atoms with Crippen molar-refractivity contribution in [2.45, 2.75) is 67.1 Å². The van der Waals surface area contributed by atoms with Crippen LogP contribution in [-0.4, -0.2) is 51.8 Å².